The minimum atomic E-state index is 0.139. The minimum Gasteiger partial charge on any atom is -0.490 e. The lowest BCUT2D eigenvalue weighted by atomic mass is 9.93. The van der Waals surface area contributed by atoms with E-state index in [1.54, 1.807) is 0 Å². The molecule has 0 bridgehead atoms. The van der Waals surface area contributed by atoms with Gasteiger partial charge in [-0.25, -0.2) is 0 Å². The summed E-state index contributed by atoms with van der Waals surface area (Å²) in [7, 11) is 0. The number of ether oxygens (including phenoxy) is 1. The number of carbonyl (C=O) groups excluding carboxylic acids is 2. The van der Waals surface area contributed by atoms with E-state index in [0.717, 1.165) is 81.6 Å². The van der Waals surface area contributed by atoms with Crippen molar-refractivity contribution in [3.63, 3.8) is 0 Å². The zero-order valence-electron chi connectivity index (χ0n) is 15.6. The fourth-order valence-electron chi connectivity index (χ4n) is 4.44. The van der Waals surface area contributed by atoms with E-state index in [1.807, 2.05) is 28.0 Å². The highest BCUT2D eigenvalue weighted by Gasteiger charge is 2.27. The van der Waals surface area contributed by atoms with Crippen LogP contribution in [0.5, 0.6) is 5.75 Å². The normalized spacial score (nSPS) is 23.3. The third-order valence-corrected chi connectivity index (χ3v) is 6.02. The summed E-state index contributed by atoms with van der Waals surface area (Å²) >= 11 is 0. The number of piperidine rings is 1. The van der Waals surface area contributed by atoms with Crippen LogP contribution < -0.4 is 4.74 Å². The number of benzene rings is 1. The van der Waals surface area contributed by atoms with E-state index < -0.39 is 0 Å². The first-order valence-corrected chi connectivity index (χ1v) is 9.97. The van der Waals surface area contributed by atoms with Gasteiger partial charge in [-0.15, -0.1) is 0 Å². The van der Waals surface area contributed by atoms with Crippen molar-refractivity contribution >= 4 is 11.8 Å². The van der Waals surface area contributed by atoms with E-state index in [2.05, 4.69) is 6.92 Å². The summed E-state index contributed by atoms with van der Waals surface area (Å²) in [6, 6.07) is 5.84. The summed E-state index contributed by atoms with van der Waals surface area (Å²) in [6.07, 6.45) is 5.97. The molecule has 0 aromatic heterocycles. The summed E-state index contributed by atoms with van der Waals surface area (Å²) in [4.78, 5) is 28.5. The van der Waals surface area contributed by atoms with Crippen LogP contribution in [0, 0.1) is 5.92 Å². The number of hydrogen-bond donors (Lipinski definition) is 0. The Bertz CT molecular complexity index is 694. The predicted molar refractivity (Wildman–Crippen MR) is 99.3 cm³/mol. The maximum Gasteiger partial charge on any atom is 0.253 e. The molecule has 4 rings (SSSR count). The van der Waals surface area contributed by atoms with Crippen LogP contribution in [0.25, 0.3) is 0 Å². The van der Waals surface area contributed by atoms with Gasteiger partial charge >= 0.3 is 0 Å². The van der Waals surface area contributed by atoms with Gasteiger partial charge in [0, 0.05) is 44.6 Å². The molecule has 1 aromatic carbocycles. The molecule has 3 heterocycles. The van der Waals surface area contributed by atoms with Crippen LogP contribution in [0.4, 0.5) is 0 Å². The van der Waals surface area contributed by atoms with Gasteiger partial charge in [-0.05, 0) is 62.3 Å². The molecule has 0 saturated carbocycles. The number of likely N-dealkylation sites (tertiary alicyclic amines) is 2. The quantitative estimate of drug-likeness (QED) is 0.833. The van der Waals surface area contributed by atoms with Gasteiger partial charge in [0.2, 0.25) is 5.91 Å². The maximum absolute atomic E-state index is 12.8. The molecular weight excluding hydrogens is 328 g/mol. The van der Waals surface area contributed by atoms with Gasteiger partial charge in [0.05, 0.1) is 0 Å². The molecule has 2 saturated heterocycles. The zero-order chi connectivity index (χ0) is 18.1. The standard InChI is InChI=1S/C21H28N2O3/c1-15-13-18-14-17(4-5-19(18)26-15)21(25)23-11-7-16(8-12-23)6-10-22-9-2-3-20(22)24/h4-5,14-16H,2-3,6-13H2,1H3/t15-/m1/s1. The fourth-order valence-corrected chi connectivity index (χ4v) is 4.44. The Balaban J connectivity index is 1.28. The van der Waals surface area contributed by atoms with Crippen molar-refractivity contribution in [2.75, 3.05) is 26.2 Å². The lowest BCUT2D eigenvalue weighted by Gasteiger charge is -2.33. The number of rotatable bonds is 4. The van der Waals surface area contributed by atoms with Crippen molar-refractivity contribution in [1.82, 2.24) is 9.80 Å². The molecule has 0 radical (unpaired) electrons. The fraction of sp³-hybridized carbons (Fsp3) is 0.619. The molecule has 0 aliphatic carbocycles. The lowest BCUT2D eigenvalue weighted by Crippen LogP contribution is -2.39. The predicted octanol–water partition coefficient (Wildman–Crippen LogP) is 2.87. The molecule has 1 atom stereocenters. The van der Waals surface area contributed by atoms with Crippen LogP contribution in [0.3, 0.4) is 0 Å². The number of fused-ring (bicyclic) bond motifs is 1. The van der Waals surface area contributed by atoms with Crippen molar-refractivity contribution in [3.8, 4) is 5.75 Å². The van der Waals surface area contributed by atoms with Gasteiger partial charge < -0.3 is 14.5 Å². The Kier molecular flexibility index (Phi) is 4.88. The minimum absolute atomic E-state index is 0.139. The Morgan fingerprint density at radius 1 is 1.23 bits per heavy atom. The van der Waals surface area contributed by atoms with Gasteiger partial charge in [-0.3, -0.25) is 9.59 Å². The highest BCUT2D eigenvalue weighted by Crippen LogP contribution is 2.30. The second-order valence-corrected chi connectivity index (χ2v) is 7.96. The highest BCUT2D eigenvalue weighted by atomic mass is 16.5. The maximum atomic E-state index is 12.8. The van der Waals surface area contributed by atoms with E-state index >= 15 is 0 Å². The molecule has 3 aliphatic heterocycles. The van der Waals surface area contributed by atoms with Crippen LogP contribution in [0.2, 0.25) is 0 Å². The molecule has 140 valence electrons. The topological polar surface area (TPSA) is 49.9 Å². The van der Waals surface area contributed by atoms with Crippen molar-refractivity contribution in [2.45, 2.75) is 51.6 Å². The molecule has 0 spiro atoms. The Morgan fingerprint density at radius 2 is 2.04 bits per heavy atom. The number of carbonyl (C=O) groups is 2. The molecule has 5 nitrogen and oxygen atoms in total. The molecule has 0 unspecified atom stereocenters. The molecule has 3 aliphatic rings. The summed E-state index contributed by atoms with van der Waals surface area (Å²) in [6.45, 7) is 5.52. The summed E-state index contributed by atoms with van der Waals surface area (Å²) in [5.41, 5.74) is 1.93. The third-order valence-electron chi connectivity index (χ3n) is 6.02. The average Bonchev–Trinajstić information content (AvgIpc) is 3.23. The van der Waals surface area contributed by atoms with E-state index in [4.69, 9.17) is 4.74 Å². The highest BCUT2D eigenvalue weighted by molar-refractivity contribution is 5.94. The van der Waals surface area contributed by atoms with Crippen molar-refractivity contribution in [2.24, 2.45) is 5.92 Å². The van der Waals surface area contributed by atoms with Gasteiger partial charge in [0.1, 0.15) is 11.9 Å². The van der Waals surface area contributed by atoms with Gasteiger partial charge in [0.15, 0.2) is 0 Å². The zero-order valence-corrected chi connectivity index (χ0v) is 15.6. The Hall–Kier alpha value is -2.04. The first-order valence-electron chi connectivity index (χ1n) is 9.97. The van der Waals surface area contributed by atoms with Gasteiger partial charge in [-0.1, -0.05) is 0 Å². The van der Waals surface area contributed by atoms with E-state index in [-0.39, 0.29) is 12.0 Å². The molecule has 1 aromatic rings. The molecular formula is C21H28N2O3. The van der Waals surface area contributed by atoms with E-state index in [1.165, 1.54) is 0 Å². The summed E-state index contributed by atoms with van der Waals surface area (Å²) in [5, 5.41) is 0. The second kappa shape index (κ2) is 7.29. The molecule has 2 amide bonds. The summed E-state index contributed by atoms with van der Waals surface area (Å²) < 4.78 is 5.72. The van der Waals surface area contributed by atoms with Crippen LogP contribution in [-0.4, -0.2) is 53.9 Å². The van der Waals surface area contributed by atoms with Crippen LogP contribution in [-0.2, 0) is 11.2 Å². The van der Waals surface area contributed by atoms with Crippen molar-refractivity contribution < 1.29 is 14.3 Å². The third kappa shape index (κ3) is 3.57. The number of nitrogens with zero attached hydrogens (tertiary/aromatic N) is 2. The Labute approximate surface area is 155 Å². The van der Waals surface area contributed by atoms with Crippen LogP contribution >= 0.6 is 0 Å². The van der Waals surface area contributed by atoms with Crippen molar-refractivity contribution in [3.05, 3.63) is 29.3 Å². The average molecular weight is 356 g/mol. The number of amides is 2. The first-order chi connectivity index (χ1) is 12.6. The largest absolute Gasteiger partial charge is 0.490 e. The first kappa shape index (κ1) is 17.4. The molecule has 2 fully saturated rings. The van der Waals surface area contributed by atoms with Crippen LogP contribution in [0.1, 0.15) is 54.9 Å². The van der Waals surface area contributed by atoms with Gasteiger partial charge in [0.25, 0.3) is 5.91 Å². The second-order valence-electron chi connectivity index (χ2n) is 7.96. The van der Waals surface area contributed by atoms with E-state index in [9.17, 15) is 9.59 Å². The number of hydrogen-bond acceptors (Lipinski definition) is 3. The van der Waals surface area contributed by atoms with Gasteiger partial charge in [-0.2, -0.15) is 0 Å². The SMILES string of the molecule is C[C@@H]1Cc2cc(C(=O)N3CCC(CCN4CCCC4=O)CC3)ccc2O1. The molecule has 0 N–H and O–H groups in total. The lowest BCUT2D eigenvalue weighted by molar-refractivity contribution is -0.127. The van der Waals surface area contributed by atoms with Crippen LogP contribution in [0.15, 0.2) is 18.2 Å². The molecule has 26 heavy (non-hydrogen) atoms. The molecule has 5 heteroatoms. The van der Waals surface area contributed by atoms with Crippen molar-refractivity contribution in [1.29, 1.82) is 0 Å². The Morgan fingerprint density at radius 3 is 2.77 bits per heavy atom. The summed E-state index contributed by atoms with van der Waals surface area (Å²) in [5.74, 6) is 2.00. The van der Waals surface area contributed by atoms with E-state index in [0.29, 0.717) is 11.8 Å². The smallest absolute Gasteiger partial charge is 0.253 e. The monoisotopic (exact) mass is 356 g/mol.